The van der Waals surface area contributed by atoms with Gasteiger partial charge in [0.2, 0.25) is 0 Å². The standard InChI is InChI=1S/C10H11ClN2O/c1-13-9(5-6-14)12-8-4-2-3-7(11)10(8)13/h2-4,14H,5-6H2,1H3. The van der Waals surface area contributed by atoms with Crippen molar-refractivity contribution in [3.8, 4) is 0 Å². The largest absolute Gasteiger partial charge is 0.396 e. The van der Waals surface area contributed by atoms with Crippen LogP contribution in [0.1, 0.15) is 5.82 Å². The third kappa shape index (κ3) is 1.38. The van der Waals surface area contributed by atoms with Crippen LogP contribution in [0.2, 0.25) is 5.02 Å². The third-order valence-electron chi connectivity index (χ3n) is 2.27. The highest BCUT2D eigenvalue weighted by Crippen LogP contribution is 2.23. The predicted octanol–water partition coefficient (Wildman–Crippen LogP) is 1.76. The zero-order valence-corrected chi connectivity index (χ0v) is 8.62. The topological polar surface area (TPSA) is 38.0 Å². The molecule has 0 amide bonds. The first-order chi connectivity index (χ1) is 6.74. The Morgan fingerprint density at radius 2 is 2.29 bits per heavy atom. The van der Waals surface area contributed by atoms with Crippen molar-refractivity contribution in [2.24, 2.45) is 7.05 Å². The number of benzene rings is 1. The van der Waals surface area contributed by atoms with Gasteiger partial charge in [0.05, 0.1) is 22.7 Å². The molecule has 1 heterocycles. The fraction of sp³-hybridized carbons (Fsp3) is 0.300. The molecule has 1 aromatic carbocycles. The van der Waals surface area contributed by atoms with Crippen molar-refractivity contribution in [2.45, 2.75) is 6.42 Å². The summed E-state index contributed by atoms with van der Waals surface area (Å²) in [6.07, 6.45) is 0.557. The van der Waals surface area contributed by atoms with Gasteiger partial charge in [0.25, 0.3) is 0 Å². The molecule has 2 aromatic rings. The number of rotatable bonds is 2. The van der Waals surface area contributed by atoms with Gasteiger partial charge >= 0.3 is 0 Å². The Balaban J connectivity index is 2.68. The SMILES string of the molecule is Cn1c(CCO)nc2cccc(Cl)c21. The molecular weight excluding hydrogens is 200 g/mol. The van der Waals surface area contributed by atoms with E-state index in [2.05, 4.69) is 4.98 Å². The van der Waals surface area contributed by atoms with E-state index in [0.717, 1.165) is 16.9 Å². The maximum absolute atomic E-state index is 8.85. The van der Waals surface area contributed by atoms with Crippen molar-refractivity contribution < 1.29 is 5.11 Å². The molecule has 74 valence electrons. The van der Waals surface area contributed by atoms with Gasteiger partial charge in [-0.15, -0.1) is 0 Å². The Labute approximate surface area is 86.9 Å². The Kier molecular flexibility index (Phi) is 2.44. The Hall–Kier alpha value is -1.06. The van der Waals surface area contributed by atoms with Crippen LogP contribution >= 0.6 is 11.6 Å². The van der Waals surface area contributed by atoms with E-state index < -0.39 is 0 Å². The van der Waals surface area contributed by atoms with Gasteiger partial charge in [0.1, 0.15) is 5.82 Å². The average Bonchev–Trinajstić information content (AvgIpc) is 2.46. The summed E-state index contributed by atoms with van der Waals surface area (Å²) in [5.74, 6) is 0.857. The summed E-state index contributed by atoms with van der Waals surface area (Å²) in [4.78, 5) is 4.38. The van der Waals surface area contributed by atoms with E-state index in [1.54, 1.807) is 0 Å². The summed E-state index contributed by atoms with van der Waals surface area (Å²) in [7, 11) is 1.91. The van der Waals surface area contributed by atoms with Crippen LogP contribution in [-0.2, 0) is 13.5 Å². The minimum atomic E-state index is 0.106. The van der Waals surface area contributed by atoms with Crippen molar-refractivity contribution >= 4 is 22.6 Å². The van der Waals surface area contributed by atoms with Crippen LogP contribution in [0, 0.1) is 0 Å². The summed E-state index contributed by atoms with van der Waals surface area (Å²) in [5.41, 5.74) is 1.81. The van der Waals surface area contributed by atoms with Gasteiger partial charge in [-0.1, -0.05) is 17.7 Å². The zero-order valence-electron chi connectivity index (χ0n) is 7.87. The Bertz CT molecular complexity index is 464. The number of aliphatic hydroxyl groups is 1. The molecule has 0 aliphatic heterocycles. The lowest BCUT2D eigenvalue weighted by atomic mass is 10.3. The van der Waals surface area contributed by atoms with Gasteiger partial charge in [-0.2, -0.15) is 0 Å². The molecule has 0 aliphatic carbocycles. The number of aryl methyl sites for hydroxylation is 1. The number of hydrogen-bond acceptors (Lipinski definition) is 2. The molecule has 14 heavy (non-hydrogen) atoms. The van der Waals surface area contributed by atoms with Crippen molar-refractivity contribution in [3.63, 3.8) is 0 Å². The molecule has 0 atom stereocenters. The van der Waals surface area contributed by atoms with E-state index >= 15 is 0 Å². The number of hydrogen-bond donors (Lipinski definition) is 1. The van der Waals surface area contributed by atoms with Gasteiger partial charge in [0, 0.05) is 13.5 Å². The lowest BCUT2D eigenvalue weighted by Crippen LogP contribution is -2.00. The van der Waals surface area contributed by atoms with E-state index in [1.165, 1.54) is 0 Å². The quantitative estimate of drug-likeness (QED) is 0.821. The smallest absolute Gasteiger partial charge is 0.111 e. The number of para-hydroxylation sites is 1. The molecule has 0 spiro atoms. The molecule has 0 radical (unpaired) electrons. The number of nitrogens with zero attached hydrogens (tertiary/aromatic N) is 2. The van der Waals surface area contributed by atoms with Gasteiger partial charge in [0.15, 0.2) is 0 Å². The molecule has 0 bridgehead atoms. The molecule has 1 aromatic heterocycles. The van der Waals surface area contributed by atoms with Crippen LogP contribution in [0.25, 0.3) is 11.0 Å². The van der Waals surface area contributed by atoms with Crippen LogP contribution in [0.4, 0.5) is 0 Å². The van der Waals surface area contributed by atoms with E-state index in [-0.39, 0.29) is 6.61 Å². The van der Waals surface area contributed by atoms with Gasteiger partial charge in [-0.05, 0) is 12.1 Å². The summed E-state index contributed by atoms with van der Waals surface area (Å²) in [5, 5.41) is 9.55. The van der Waals surface area contributed by atoms with Crippen LogP contribution < -0.4 is 0 Å². The summed E-state index contributed by atoms with van der Waals surface area (Å²) in [6.45, 7) is 0.106. The van der Waals surface area contributed by atoms with Crippen molar-refractivity contribution in [1.29, 1.82) is 0 Å². The Morgan fingerprint density at radius 3 is 2.93 bits per heavy atom. The van der Waals surface area contributed by atoms with Crippen molar-refractivity contribution in [1.82, 2.24) is 9.55 Å². The summed E-state index contributed by atoms with van der Waals surface area (Å²) >= 11 is 6.05. The fourth-order valence-corrected chi connectivity index (χ4v) is 1.89. The normalized spacial score (nSPS) is 11.1. The average molecular weight is 211 g/mol. The Morgan fingerprint density at radius 1 is 1.50 bits per heavy atom. The molecule has 0 fully saturated rings. The zero-order chi connectivity index (χ0) is 10.1. The monoisotopic (exact) mass is 210 g/mol. The highest BCUT2D eigenvalue weighted by Gasteiger charge is 2.09. The highest BCUT2D eigenvalue weighted by molar-refractivity contribution is 6.34. The highest BCUT2D eigenvalue weighted by atomic mass is 35.5. The lowest BCUT2D eigenvalue weighted by molar-refractivity contribution is 0.295. The van der Waals surface area contributed by atoms with Gasteiger partial charge in [-0.25, -0.2) is 4.98 Å². The van der Waals surface area contributed by atoms with Crippen LogP contribution in [0.3, 0.4) is 0 Å². The maximum atomic E-state index is 8.85. The van der Waals surface area contributed by atoms with Crippen molar-refractivity contribution in [2.75, 3.05) is 6.61 Å². The summed E-state index contributed by atoms with van der Waals surface area (Å²) in [6, 6.07) is 5.64. The minimum absolute atomic E-state index is 0.106. The second-order valence-corrected chi connectivity index (χ2v) is 3.58. The molecule has 0 saturated carbocycles. The van der Waals surface area contributed by atoms with E-state index in [9.17, 15) is 0 Å². The molecular formula is C10H11ClN2O. The third-order valence-corrected chi connectivity index (χ3v) is 2.58. The molecule has 2 rings (SSSR count). The van der Waals surface area contributed by atoms with Gasteiger partial charge in [-0.3, -0.25) is 0 Å². The number of fused-ring (bicyclic) bond motifs is 1. The molecule has 1 N–H and O–H groups in total. The number of imidazole rings is 1. The van der Waals surface area contributed by atoms with Crippen LogP contribution in [0.15, 0.2) is 18.2 Å². The first-order valence-corrected chi connectivity index (χ1v) is 4.82. The number of aromatic nitrogens is 2. The maximum Gasteiger partial charge on any atom is 0.111 e. The van der Waals surface area contributed by atoms with E-state index in [1.807, 2.05) is 29.8 Å². The lowest BCUT2D eigenvalue weighted by Gasteiger charge is -2.00. The molecule has 4 heteroatoms. The van der Waals surface area contributed by atoms with E-state index in [4.69, 9.17) is 16.7 Å². The first kappa shape index (κ1) is 9.49. The minimum Gasteiger partial charge on any atom is -0.396 e. The van der Waals surface area contributed by atoms with E-state index in [0.29, 0.717) is 11.4 Å². The van der Waals surface area contributed by atoms with Crippen LogP contribution in [0.5, 0.6) is 0 Å². The predicted molar refractivity (Wildman–Crippen MR) is 56.5 cm³/mol. The fourth-order valence-electron chi connectivity index (χ4n) is 1.59. The molecule has 0 aliphatic rings. The summed E-state index contributed by atoms with van der Waals surface area (Å²) < 4.78 is 1.92. The second kappa shape index (κ2) is 3.59. The molecule has 3 nitrogen and oxygen atoms in total. The number of halogens is 1. The molecule has 0 unspecified atom stereocenters. The number of aliphatic hydroxyl groups excluding tert-OH is 1. The second-order valence-electron chi connectivity index (χ2n) is 3.17. The van der Waals surface area contributed by atoms with Crippen LogP contribution in [-0.4, -0.2) is 21.3 Å². The molecule has 0 saturated heterocycles. The first-order valence-electron chi connectivity index (χ1n) is 4.44. The van der Waals surface area contributed by atoms with Gasteiger partial charge < -0.3 is 9.67 Å². The van der Waals surface area contributed by atoms with Crippen molar-refractivity contribution in [3.05, 3.63) is 29.0 Å².